The first-order valence-electron chi connectivity index (χ1n) is 7.08. The van der Waals surface area contributed by atoms with E-state index < -0.39 is 0 Å². The van der Waals surface area contributed by atoms with Crippen molar-refractivity contribution in [3.05, 3.63) is 70.3 Å². The Balaban J connectivity index is 1.68. The van der Waals surface area contributed by atoms with Crippen LogP contribution < -0.4 is 5.32 Å². The molecule has 0 aromatic heterocycles. The maximum absolute atomic E-state index is 12.0. The largest absolute Gasteiger partial charge is 0.323 e. The number of carbonyl (C=O) groups is 1. The van der Waals surface area contributed by atoms with Crippen molar-refractivity contribution in [1.29, 1.82) is 0 Å². The predicted molar refractivity (Wildman–Crippen MR) is 87.6 cm³/mol. The van der Waals surface area contributed by atoms with Crippen LogP contribution in [0.25, 0.3) is 6.08 Å². The van der Waals surface area contributed by atoms with Gasteiger partial charge in [-0.2, -0.15) is 0 Å². The minimum atomic E-state index is -0.145. The van der Waals surface area contributed by atoms with Gasteiger partial charge in [-0.15, -0.1) is 0 Å². The zero-order chi connectivity index (χ0) is 14.7. The molecule has 2 nitrogen and oxygen atoms in total. The standard InChI is InChI=1S/C18H16ClNO/c19-17-7-2-1-4-14(17)9-11-18(21)20-16-10-8-13-5-3-6-15(13)12-16/h1-2,4,7-12H,3,5-6H2,(H,20,21)/b11-9+. The molecule has 3 heteroatoms. The van der Waals surface area contributed by atoms with E-state index in [1.54, 1.807) is 12.1 Å². The van der Waals surface area contributed by atoms with E-state index in [1.807, 2.05) is 24.3 Å². The Labute approximate surface area is 129 Å². The summed E-state index contributed by atoms with van der Waals surface area (Å²) in [5.41, 5.74) is 4.44. The van der Waals surface area contributed by atoms with Gasteiger partial charge in [0.2, 0.25) is 5.91 Å². The Bertz CT molecular complexity index is 706. The molecule has 2 aromatic carbocycles. The minimum absolute atomic E-state index is 0.145. The van der Waals surface area contributed by atoms with E-state index in [2.05, 4.69) is 17.4 Å². The van der Waals surface area contributed by atoms with Crippen LogP contribution in [0.1, 0.15) is 23.1 Å². The number of anilines is 1. The van der Waals surface area contributed by atoms with Crippen LogP contribution in [-0.2, 0) is 17.6 Å². The van der Waals surface area contributed by atoms with E-state index in [0.29, 0.717) is 5.02 Å². The van der Waals surface area contributed by atoms with Crippen LogP contribution in [0.4, 0.5) is 5.69 Å². The van der Waals surface area contributed by atoms with Crippen molar-refractivity contribution in [3.8, 4) is 0 Å². The average Bonchev–Trinajstić information content (AvgIpc) is 2.94. The molecule has 21 heavy (non-hydrogen) atoms. The maximum Gasteiger partial charge on any atom is 0.248 e. The van der Waals surface area contributed by atoms with Gasteiger partial charge in [0.1, 0.15) is 0 Å². The summed E-state index contributed by atoms with van der Waals surface area (Å²) in [6, 6.07) is 13.6. The number of benzene rings is 2. The Hall–Kier alpha value is -2.06. The second kappa shape index (κ2) is 6.15. The molecule has 0 aliphatic heterocycles. The van der Waals surface area contributed by atoms with E-state index >= 15 is 0 Å². The molecule has 1 amide bonds. The van der Waals surface area contributed by atoms with E-state index in [9.17, 15) is 4.79 Å². The number of halogens is 1. The molecule has 0 atom stereocenters. The molecule has 0 saturated heterocycles. The van der Waals surface area contributed by atoms with Crippen molar-refractivity contribution in [2.24, 2.45) is 0 Å². The first-order chi connectivity index (χ1) is 10.2. The Morgan fingerprint density at radius 3 is 2.76 bits per heavy atom. The molecule has 1 aliphatic carbocycles. The zero-order valence-electron chi connectivity index (χ0n) is 11.6. The second-order valence-electron chi connectivity index (χ2n) is 5.18. The van der Waals surface area contributed by atoms with Gasteiger partial charge >= 0.3 is 0 Å². The average molecular weight is 298 g/mol. The lowest BCUT2D eigenvalue weighted by Crippen LogP contribution is -2.08. The van der Waals surface area contributed by atoms with Crippen molar-refractivity contribution in [2.75, 3.05) is 5.32 Å². The van der Waals surface area contributed by atoms with Gasteiger partial charge in [0, 0.05) is 16.8 Å². The third-order valence-electron chi connectivity index (χ3n) is 3.69. The van der Waals surface area contributed by atoms with Crippen LogP contribution in [-0.4, -0.2) is 5.91 Å². The molecular weight excluding hydrogens is 282 g/mol. The summed E-state index contributed by atoms with van der Waals surface area (Å²) in [6.45, 7) is 0. The molecule has 0 bridgehead atoms. The number of fused-ring (bicyclic) bond motifs is 1. The Morgan fingerprint density at radius 2 is 1.90 bits per heavy atom. The van der Waals surface area contributed by atoms with Crippen molar-refractivity contribution in [1.82, 2.24) is 0 Å². The van der Waals surface area contributed by atoms with E-state index in [1.165, 1.54) is 23.6 Å². The molecule has 2 aromatic rings. The number of nitrogens with one attached hydrogen (secondary N) is 1. The van der Waals surface area contributed by atoms with E-state index in [4.69, 9.17) is 11.6 Å². The fraction of sp³-hybridized carbons (Fsp3) is 0.167. The van der Waals surface area contributed by atoms with E-state index in [-0.39, 0.29) is 5.91 Å². The highest BCUT2D eigenvalue weighted by molar-refractivity contribution is 6.32. The van der Waals surface area contributed by atoms with Gasteiger partial charge in [-0.3, -0.25) is 4.79 Å². The number of amides is 1. The highest BCUT2D eigenvalue weighted by atomic mass is 35.5. The van der Waals surface area contributed by atoms with Crippen LogP contribution in [0.5, 0.6) is 0 Å². The van der Waals surface area contributed by atoms with E-state index in [0.717, 1.165) is 24.1 Å². The van der Waals surface area contributed by atoms with Gasteiger partial charge in [-0.1, -0.05) is 35.9 Å². The molecule has 0 radical (unpaired) electrons. The van der Waals surface area contributed by atoms with Crippen molar-refractivity contribution >= 4 is 29.3 Å². The van der Waals surface area contributed by atoms with Gasteiger partial charge in [0.25, 0.3) is 0 Å². The number of hydrogen-bond acceptors (Lipinski definition) is 1. The monoisotopic (exact) mass is 297 g/mol. The zero-order valence-corrected chi connectivity index (χ0v) is 12.4. The number of aryl methyl sites for hydroxylation is 2. The summed E-state index contributed by atoms with van der Waals surface area (Å²) in [5, 5.41) is 3.53. The fourth-order valence-corrected chi connectivity index (χ4v) is 2.81. The lowest BCUT2D eigenvalue weighted by atomic mass is 10.1. The minimum Gasteiger partial charge on any atom is -0.323 e. The lowest BCUT2D eigenvalue weighted by Gasteiger charge is -2.05. The third kappa shape index (κ3) is 3.34. The van der Waals surface area contributed by atoms with Crippen LogP contribution in [0.15, 0.2) is 48.5 Å². The highest BCUT2D eigenvalue weighted by Crippen LogP contribution is 2.25. The molecule has 0 unspecified atom stereocenters. The second-order valence-corrected chi connectivity index (χ2v) is 5.59. The topological polar surface area (TPSA) is 29.1 Å². The first-order valence-corrected chi connectivity index (χ1v) is 7.45. The normalized spacial score (nSPS) is 13.4. The molecule has 3 rings (SSSR count). The summed E-state index contributed by atoms with van der Waals surface area (Å²) in [7, 11) is 0. The summed E-state index contributed by atoms with van der Waals surface area (Å²) in [5.74, 6) is -0.145. The Kier molecular flexibility index (Phi) is 4.07. The van der Waals surface area contributed by atoms with Gasteiger partial charge in [0.15, 0.2) is 0 Å². The summed E-state index contributed by atoms with van der Waals surface area (Å²) >= 11 is 6.05. The third-order valence-corrected chi connectivity index (χ3v) is 4.03. The van der Waals surface area contributed by atoms with Crippen LogP contribution in [0.3, 0.4) is 0 Å². The quantitative estimate of drug-likeness (QED) is 0.832. The summed E-state index contributed by atoms with van der Waals surface area (Å²) in [4.78, 5) is 12.0. The molecule has 0 fully saturated rings. The number of rotatable bonds is 3. The molecule has 0 spiro atoms. The predicted octanol–water partition coefficient (Wildman–Crippen LogP) is 4.48. The molecule has 0 heterocycles. The summed E-state index contributed by atoms with van der Waals surface area (Å²) < 4.78 is 0. The molecule has 1 aliphatic rings. The molecule has 0 saturated carbocycles. The maximum atomic E-state index is 12.0. The van der Waals surface area contributed by atoms with Crippen molar-refractivity contribution < 1.29 is 4.79 Å². The fourth-order valence-electron chi connectivity index (χ4n) is 2.61. The summed E-state index contributed by atoms with van der Waals surface area (Å²) in [6.07, 6.45) is 6.70. The van der Waals surface area contributed by atoms with Crippen LogP contribution >= 0.6 is 11.6 Å². The van der Waals surface area contributed by atoms with Crippen LogP contribution in [0, 0.1) is 0 Å². The lowest BCUT2D eigenvalue weighted by molar-refractivity contribution is -0.111. The smallest absolute Gasteiger partial charge is 0.248 e. The van der Waals surface area contributed by atoms with Gasteiger partial charge in [-0.25, -0.2) is 0 Å². The van der Waals surface area contributed by atoms with Crippen molar-refractivity contribution in [2.45, 2.75) is 19.3 Å². The SMILES string of the molecule is O=C(/C=C/c1ccccc1Cl)Nc1ccc2c(c1)CCC2. The number of carbonyl (C=O) groups excluding carboxylic acids is 1. The molecule has 1 N–H and O–H groups in total. The molecule has 106 valence electrons. The van der Waals surface area contributed by atoms with Gasteiger partial charge < -0.3 is 5.32 Å². The molecular formula is C18H16ClNO. The van der Waals surface area contributed by atoms with Gasteiger partial charge in [0.05, 0.1) is 0 Å². The van der Waals surface area contributed by atoms with Crippen LogP contribution in [0.2, 0.25) is 5.02 Å². The Morgan fingerprint density at radius 1 is 1.10 bits per heavy atom. The highest BCUT2D eigenvalue weighted by Gasteiger charge is 2.11. The van der Waals surface area contributed by atoms with Crippen molar-refractivity contribution in [3.63, 3.8) is 0 Å². The van der Waals surface area contributed by atoms with Gasteiger partial charge in [-0.05, 0) is 60.2 Å². The first kappa shape index (κ1) is 13.9. The number of hydrogen-bond donors (Lipinski definition) is 1.